The minimum atomic E-state index is -0.605. The Bertz CT molecular complexity index is 448. The molecule has 0 radical (unpaired) electrons. The van der Waals surface area contributed by atoms with Crippen molar-refractivity contribution in [2.75, 3.05) is 31.1 Å². The molecule has 5 nitrogen and oxygen atoms in total. The van der Waals surface area contributed by atoms with Gasteiger partial charge in [0.15, 0.2) is 0 Å². The first-order valence-corrected chi connectivity index (χ1v) is 6.89. The second kappa shape index (κ2) is 8.63. The van der Waals surface area contributed by atoms with Crippen LogP contribution in [0.1, 0.15) is 1.43 Å². The van der Waals surface area contributed by atoms with Gasteiger partial charge in [0.05, 0.1) is 13.1 Å². The number of carbonyl (C=O) groups excluding carboxylic acids is 1. The van der Waals surface area contributed by atoms with Crippen LogP contribution < -0.4 is 34.5 Å². The van der Waals surface area contributed by atoms with E-state index in [2.05, 4.69) is 30.5 Å². The molecule has 1 aliphatic rings. The molecule has 0 N–H and O–H groups in total. The number of halogens is 1. The number of hydroxylamine groups is 2. The molecule has 0 aliphatic carbocycles. The zero-order chi connectivity index (χ0) is 13.8. The van der Waals surface area contributed by atoms with Crippen molar-refractivity contribution in [3.63, 3.8) is 0 Å². The third-order valence-corrected chi connectivity index (χ3v) is 3.38. The average molecular weight is 344 g/mol. The van der Waals surface area contributed by atoms with Gasteiger partial charge in [0.1, 0.15) is 0 Å². The van der Waals surface area contributed by atoms with E-state index in [9.17, 15) is 4.79 Å². The van der Waals surface area contributed by atoms with Gasteiger partial charge in [-0.3, -0.25) is 0 Å². The van der Waals surface area contributed by atoms with Crippen LogP contribution in [0.5, 0.6) is 0 Å². The molecule has 1 saturated heterocycles. The second-order valence-corrected chi connectivity index (χ2v) is 5.59. The van der Waals surface area contributed by atoms with Crippen LogP contribution >= 0.6 is 37.2 Å². The van der Waals surface area contributed by atoms with Crippen LogP contribution in [-0.4, -0.2) is 41.0 Å². The molecule has 2 rings (SSSR count). The summed E-state index contributed by atoms with van der Waals surface area (Å²) in [6.07, 6.45) is -0.605. The summed E-state index contributed by atoms with van der Waals surface area (Å²) in [6, 6.07) is 7.69. The van der Waals surface area contributed by atoms with E-state index in [-0.39, 0.29) is 31.0 Å². The number of carbonyl (C=O) groups is 1. The van der Waals surface area contributed by atoms with Gasteiger partial charge in [-0.05, 0) is 49.9 Å². The zero-order valence-electron chi connectivity index (χ0n) is 12.1. The normalized spacial score (nSPS) is 15.4. The van der Waals surface area contributed by atoms with E-state index in [1.54, 1.807) is 5.06 Å². The van der Waals surface area contributed by atoms with Crippen molar-refractivity contribution in [1.82, 2.24) is 8.77 Å². The number of hydrogen-bond acceptors (Lipinski definition) is 6. The Kier molecular flexibility index (Phi) is 7.89. The van der Waals surface area contributed by atoms with Gasteiger partial charge in [0, 0.05) is 23.8 Å². The largest absolute Gasteiger partial charge is 1.00 e. The summed E-state index contributed by atoms with van der Waals surface area (Å²) in [6.45, 7) is 2.80. The fourth-order valence-corrected chi connectivity index (χ4v) is 2.04. The minimum absolute atomic E-state index is 0. The molecular weight excluding hydrogens is 329 g/mol. The van der Waals surface area contributed by atoms with Crippen molar-refractivity contribution in [3.8, 4) is 0 Å². The molecule has 9 heteroatoms. The molecule has 0 saturated carbocycles. The summed E-state index contributed by atoms with van der Waals surface area (Å²) in [7, 11) is 0. The van der Waals surface area contributed by atoms with Crippen molar-refractivity contribution >= 4 is 49.0 Å². The third kappa shape index (κ3) is 5.22. The van der Waals surface area contributed by atoms with E-state index >= 15 is 0 Å². The Hall–Kier alpha value is 0.240. The molecule has 1 aromatic rings. The maximum Gasteiger partial charge on any atom is 1.00 e. The Labute approximate surface area is 158 Å². The van der Waals surface area contributed by atoms with E-state index in [0.29, 0.717) is 13.1 Å². The van der Waals surface area contributed by atoms with E-state index in [0.717, 1.165) is 27.5 Å². The van der Waals surface area contributed by atoms with Gasteiger partial charge in [0.25, 0.3) is 0 Å². The Balaban J connectivity index is 0.00000200. The quantitative estimate of drug-likeness (QED) is 0.567. The maximum absolute atomic E-state index is 11.3. The van der Waals surface area contributed by atoms with Gasteiger partial charge in [-0.2, -0.15) is 3.71 Å². The molecule has 0 unspecified atom stereocenters. The summed E-state index contributed by atoms with van der Waals surface area (Å²) in [5.41, 5.74) is 1.11. The van der Waals surface area contributed by atoms with Crippen molar-refractivity contribution in [1.29, 1.82) is 0 Å². The number of hydrogen-bond donors (Lipinski definition) is 2. The Morgan fingerprint density at radius 2 is 1.75 bits per heavy atom. The number of benzene rings is 1. The summed E-state index contributed by atoms with van der Waals surface area (Å²) in [5, 5.41) is 2.33. The van der Waals surface area contributed by atoms with Gasteiger partial charge < -0.3 is 11.2 Å². The molecule has 0 atom stereocenters. The molecular formula is C11H15ClN3NaO2S2. The molecule has 0 aromatic heterocycles. The van der Waals surface area contributed by atoms with E-state index in [1.807, 2.05) is 24.3 Å². The van der Waals surface area contributed by atoms with Crippen LogP contribution in [0.3, 0.4) is 0 Å². The number of piperazine rings is 1. The topological polar surface area (TPSA) is 36.0 Å². The third-order valence-electron chi connectivity index (χ3n) is 2.80. The predicted octanol–water partition coefficient (Wildman–Crippen LogP) is -0.378. The first-order valence-electron chi connectivity index (χ1n) is 5.71. The van der Waals surface area contributed by atoms with Gasteiger partial charge in [-0.1, -0.05) is 11.6 Å². The first-order chi connectivity index (χ1) is 9.06. The molecule has 1 heterocycles. The average Bonchev–Trinajstić information content (AvgIpc) is 2.40. The van der Waals surface area contributed by atoms with Crippen LogP contribution in [-0.2, 0) is 4.84 Å². The molecule has 106 valence electrons. The number of thiol groups is 2. The Morgan fingerprint density at radius 1 is 1.20 bits per heavy atom. The van der Waals surface area contributed by atoms with Crippen LogP contribution in [0, 0.1) is 0 Å². The predicted molar refractivity (Wildman–Crippen MR) is 82.6 cm³/mol. The molecule has 0 spiro atoms. The van der Waals surface area contributed by atoms with Gasteiger partial charge in [-0.15, -0.1) is 5.06 Å². The Morgan fingerprint density at radius 3 is 2.25 bits per heavy atom. The van der Waals surface area contributed by atoms with Crippen molar-refractivity contribution < 1.29 is 40.6 Å². The number of anilines is 1. The first kappa shape index (κ1) is 18.3. The monoisotopic (exact) mass is 343 g/mol. The van der Waals surface area contributed by atoms with Crippen molar-refractivity contribution in [3.05, 3.63) is 29.3 Å². The molecule has 1 aliphatic heterocycles. The fraction of sp³-hybridized carbons (Fsp3) is 0.364. The molecule has 1 aromatic carbocycles. The zero-order valence-corrected chi connectivity index (χ0v) is 15.6. The fourth-order valence-electron chi connectivity index (χ4n) is 1.84. The minimum Gasteiger partial charge on any atom is -1.00 e. The van der Waals surface area contributed by atoms with Gasteiger partial charge in [0.2, 0.25) is 0 Å². The summed E-state index contributed by atoms with van der Waals surface area (Å²) in [4.78, 5) is 18.6. The smallest absolute Gasteiger partial charge is 1.00 e. The number of nitrogens with zero attached hydrogens (tertiary/aromatic N) is 3. The molecule has 1 amide bonds. The van der Waals surface area contributed by atoms with Crippen LogP contribution in [0.4, 0.5) is 10.5 Å². The second-order valence-electron chi connectivity index (χ2n) is 4.04. The van der Waals surface area contributed by atoms with Crippen LogP contribution in [0.15, 0.2) is 24.3 Å². The number of amides is 1. The van der Waals surface area contributed by atoms with Crippen LogP contribution in [0.25, 0.3) is 0 Å². The van der Waals surface area contributed by atoms with Crippen molar-refractivity contribution in [2.24, 2.45) is 0 Å². The summed E-state index contributed by atoms with van der Waals surface area (Å²) < 4.78 is 0.811. The summed E-state index contributed by atoms with van der Waals surface area (Å²) >= 11 is 13.4. The van der Waals surface area contributed by atoms with E-state index in [1.165, 1.54) is 0 Å². The summed E-state index contributed by atoms with van der Waals surface area (Å²) in [5.74, 6) is 0. The molecule has 0 bridgehead atoms. The van der Waals surface area contributed by atoms with Crippen LogP contribution in [0.2, 0.25) is 5.02 Å². The van der Waals surface area contributed by atoms with Gasteiger partial charge >= 0.3 is 35.7 Å². The molecule has 1 fully saturated rings. The van der Waals surface area contributed by atoms with Gasteiger partial charge in [-0.25, -0.2) is 4.79 Å². The van der Waals surface area contributed by atoms with E-state index < -0.39 is 6.09 Å². The standard InChI is InChI=1S/C11H14ClN3O2S2.Na.H/c12-9-1-3-10(4-2-9)13-5-7-14(8-6-13)17-11(16)15(18)19;;/h1-4,18-19H,5-8H2;;/q;+1;-1. The molecule has 20 heavy (non-hydrogen) atoms. The number of rotatable bonds is 2. The van der Waals surface area contributed by atoms with E-state index in [4.69, 9.17) is 16.4 Å². The van der Waals surface area contributed by atoms with Crippen molar-refractivity contribution in [2.45, 2.75) is 0 Å². The SMILES string of the molecule is O=C(ON1CCN(c2ccc(Cl)cc2)CC1)N(S)S.[H-].[Na+]. The maximum atomic E-state index is 11.3.